The van der Waals surface area contributed by atoms with Crippen LogP contribution in [-0.2, 0) is 6.42 Å². The minimum atomic E-state index is -0.873. The standard InChI is InChI=1S/C12H13F2N3/c1-7-16-11(4-5-15)12(17-7)8-2-3-9(13)10(14)6-8/h2-3,6H,4-5,15H2,1H3,(H,16,17). The molecule has 0 saturated carbocycles. The van der Waals surface area contributed by atoms with Gasteiger partial charge in [-0.25, -0.2) is 13.8 Å². The second kappa shape index (κ2) is 4.63. The first-order chi connectivity index (χ1) is 8.11. The Morgan fingerprint density at radius 1 is 1.29 bits per heavy atom. The fraction of sp³-hybridized carbons (Fsp3) is 0.250. The monoisotopic (exact) mass is 237 g/mol. The lowest BCUT2D eigenvalue weighted by molar-refractivity contribution is 0.509. The number of aryl methyl sites for hydroxylation is 1. The van der Waals surface area contributed by atoms with E-state index in [-0.39, 0.29) is 0 Å². The number of rotatable bonds is 3. The number of nitrogens with two attached hydrogens (primary N) is 1. The Morgan fingerprint density at radius 2 is 2.06 bits per heavy atom. The SMILES string of the molecule is Cc1nc(-c2ccc(F)c(F)c2)c(CCN)[nH]1. The van der Waals surface area contributed by atoms with Crippen LogP contribution >= 0.6 is 0 Å². The summed E-state index contributed by atoms with van der Waals surface area (Å²) in [7, 11) is 0. The van der Waals surface area contributed by atoms with Crippen LogP contribution < -0.4 is 5.73 Å². The number of nitrogens with zero attached hydrogens (tertiary/aromatic N) is 1. The van der Waals surface area contributed by atoms with Gasteiger partial charge < -0.3 is 10.7 Å². The first-order valence-corrected chi connectivity index (χ1v) is 5.33. The van der Waals surface area contributed by atoms with Gasteiger partial charge in [-0.1, -0.05) is 0 Å². The van der Waals surface area contributed by atoms with Gasteiger partial charge in [-0.2, -0.15) is 0 Å². The van der Waals surface area contributed by atoms with Gasteiger partial charge in [0.15, 0.2) is 11.6 Å². The van der Waals surface area contributed by atoms with Crippen molar-refractivity contribution in [3.63, 3.8) is 0 Å². The Labute approximate surface area is 97.7 Å². The zero-order chi connectivity index (χ0) is 12.4. The van der Waals surface area contributed by atoms with Crippen LogP contribution in [0.5, 0.6) is 0 Å². The minimum absolute atomic E-state index is 0.471. The van der Waals surface area contributed by atoms with Crippen molar-refractivity contribution >= 4 is 0 Å². The maximum atomic E-state index is 13.2. The maximum absolute atomic E-state index is 13.2. The van der Waals surface area contributed by atoms with Crippen molar-refractivity contribution < 1.29 is 8.78 Å². The first-order valence-electron chi connectivity index (χ1n) is 5.33. The molecule has 90 valence electrons. The van der Waals surface area contributed by atoms with E-state index in [9.17, 15) is 8.78 Å². The first kappa shape index (κ1) is 11.7. The van der Waals surface area contributed by atoms with Crippen LogP contribution in [-0.4, -0.2) is 16.5 Å². The summed E-state index contributed by atoms with van der Waals surface area (Å²) < 4.78 is 26.0. The highest BCUT2D eigenvalue weighted by Crippen LogP contribution is 2.23. The Morgan fingerprint density at radius 3 is 2.71 bits per heavy atom. The van der Waals surface area contributed by atoms with E-state index in [1.165, 1.54) is 6.07 Å². The molecule has 5 heteroatoms. The van der Waals surface area contributed by atoms with Gasteiger partial charge >= 0.3 is 0 Å². The van der Waals surface area contributed by atoms with E-state index in [1.54, 1.807) is 0 Å². The summed E-state index contributed by atoms with van der Waals surface area (Å²) in [6.07, 6.45) is 0.620. The van der Waals surface area contributed by atoms with Gasteiger partial charge in [0.25, 0.3) is 0 Å². The lowest BCUT2D eigenvalue weighted by atomic mass is 10.1. The molecule has 0 aliphatic heterocycles. The van der Waals surface area contributed by atoms with Crippen molar-refractivity contribution in [3.05, 3.63) is 41.4 Å². The Hall–Kier alpha value is -1.75. The van der Waals surface area contributed by atoms with Crippen LogP contribution in [0.15, 0.2) is 18.2 Å². The largest absolute Gasteiger partial charge is 0.346 e. The molecule has 2 rings (SSSR count). The molecule has 2 aromatic rings. The van der Waals surface area contributed by atoms with Gasteiger partial charge in [0.2, 0.25) is 0 Å². The van der Waals surface area contributed by atoms with E-state index in [0.717, 1.165) is 23.7 Å². The molecule has 0 saturated heterocycles. The number of halogens is 2. The highest BCUT2D eigenvalue weighted by molar-refractivity contribution is 5.62. The summed E-state index contributed by atoms with van der Waals surface area (Å²) in [6.45, 7) is 2.28. The Balaban J connectivity index is 2.47. The molecule has 0 unspecified atom stereocenters. The lowest BCUT2D eigenvalue weighted by Crippen LogP contribution is -2.04. The van der Waals surface area contributed by atoms with E-state index in [2.05, 4.69) is 9.97 Å². The van der Waals surface area contributed by atoms with Crippen molar-refractivity contribution in [2.75, 3.05) is 6.54 Å². The number of aromatic nitrogens is 2. The number of H-pyrrole nitrogens is 1. The Bertz CT molecular complexity index is 535. The summed E-state index contributed by atoms with van der Waals surface area (Å²) in [5.74, 6) is -1.00. The summed E-state index contributed by atoms with van der Waals surface area (Å²) in [5.41, 5.74) is 7.52. The highest BCUT2D eigenvalue weighted by atomic mass is 19.2. The zero-order valence-corrected chi connectivity index (χ0v) is 9.43. The predicted molar refractivity (Wildman–Crippen MR) is 61.4 cm³/mol. The molecule has 0 amide bonds. The van der Waals surface area contributed by atoms with Crippen LogP contribution in [0.1, 0.15) is 11.5 Å². The van der Waals surface area contributed by atoms with Gasteiger partial charge in [-0.15, -0.1) is 0 Å². The number of aromatic amines is 1. The van der Waals surface area contributed by atoms with E-state index >= 15 is 0 Å². The number of imidazole rings is 1. The molecule has 0 radical (unpaired) electrons. The smallest absolute Gasteiger partial charge is 0.159 e. The molecule has 0 aliphatic carbocycles. The van der Waals surface area contributed by atoms with Crippen molar-refractivity contribution in [3.8, 4) is 11.3 Å². The number of benzene rings is 1. The lowest BCUT2D eigenvalue weighted by Gasteiger charge is -2.02. The highest BCUT2D eigenvalue weighted by Gasteiger charge is 2.12. The Kier molecular flexibility index (Phi) is 3.19. The fourth-order valence-corrected chi connectivity index (χ4v) is 1.75. The molecule has 3 N–H and O–H groups in total. The third-order valence-electron chi connectivity index (χ3n) is 2.48. The molecule has 0 bridgehead atoms. The molecule has 1 aromatic carbocycles. The van der Waals surface area contributed by atoms with Crippen LogP contribution in [0.2, 0.25) is 0 Å². The summed E-state index contributed by atoms with van der Waals surface area (Å²) >= 11 is 0. The normalized spacial score (nSPS) is 10.8. The number of nitrogens with one attached hydrogen (secondary N) is 1. The van der Waals surface area contributed by atoms with Gasteiger partial charge in [0.05, 0.1) is 5.69 Å². The molecular weight excluding hydrogens is 224 g/mol. The second-order valence-corrected chi connectivity index (χ2v) is 3.82. The topological polar surface area (TPSA) is 54.7 Å². The van der Waals surface area contributed by atoms with Crippen LogP contribution in [0.25, 0.3) is 11.3 Å². The molecular formula is C12H13F2N3. The van der Waals surface area contributed by atoms with Crippen molar-refractivity contribution in [2.45, 2.75) is 13.3 Å². The third kappa shape index (κ3) is 2.34. The van der Waals surface area contributed by atoms with E-state index in [1.807, 2.05) is 6.92 Å². The van der Waals surface area contributed by atoms with Gasteiger partial charge in [0.1, 0.15) is 5.82 Å². The molecule has 0 fully saturated rings. The summed E-state index contributed by atoms with van der Waals surface area (Å²) in [4.78, 5) is 7.34. The van der Waals surface area contributed by atoms with Crippen molar-refractivity contribution in [2.24, 2.45) is 5.73 Å². The fourth-order valence-electron chi connectivity index (χ4n) is 1.75. The quantitative estimate of drug-likeness (QED) is 0.859. The van der Waals surface area contributed by atoms with E-state index < -0.39 is 11.6 Å². The number of hydrogen-bond acceptors (Lipinski definition) is 2. The van der Waals surface area contributed by atoms with Crippen LogP contribution in [0, 0.1) is 18.6 Å². The van der Waals surface area contributed by atoms with E-state index in [0.29, 0.717) is 24.2 Å². The average Bonchev–Trinajstić information content (AvgIpc) is 2.64. The van der Waals surface area contributed by atoms with Gasteiger partial charge in [-0.05, 0) is 31.7 Å². The van der Waals surface area contributed by atoms with Gasteiger partial charge in [0, 0.05) is 17.7 Å². The maximum Gasteiger partial charge on any atom is 0.159 e. The number of hydrogen-bond donors (Lipinski definition) is 2. The second-order valence-electron chi connectivity index (χ2n) is 3.82. The van der Waals surface area contributed by atoms with Crippen molar-refractivity contribution in [1.82, 2.24) is 9.97 Å². The molecule has 0 spiro atoms. The molecule has 17 heavy (non-hydrogen) atoms. The summed E-state index contributed by atoms with van der Waals surface area (Å²) in [5, 5.41) is 0. The molecule has 1 heterocycles. The third-order valence-corrected chi connectivity index (χ3v) is 2.48. The predicted octanol–water partition coefficient (Wildman–Crippen LogP) is 2.16. The van der Waals surface area contributed by atoms with Gasteiger partial charge in [-0.3, -0.25) is 0 Å². The average molecular weight is 237 g/mol. The molecule has 0 atom stereocenters. The zero-order valence-electron chi connectivity index (χ0n) is 9.43. The van der Waals surface area contributed by atoms with Crippen LogP contribution in [0.4, 0.5) is 8.78 Å². The van der Waals surface area contributed by atoms with E-state index in [4.69, 9.17) is 5.73 Å². The molecule has 0 aliphatic rings. The van der Waals surface area contributed by atoms with Crippen LogP contribution in [0.3, 0.4) is 0 Å². The summed E-state index contributed by atoms with van der Waals surface area (Å²) in [6, 6.07) is 3.75. The molecule has 3 nitrogen and oxygen atoms in total. The van der Waals surface area contributed by atoms with Crippen molar-refractivity contribution in [1.29, 1.82) is 0 Å². The molecule has 1 aromatic heterocycles. The minimum Gasteiger partial charge on any atom is -0.346 e.